The van der Waals surface area contributed by atoms with E-state index >= 15 is 0 Å². The lowest BCUT2D eigenvalue weighted by Crippen LogP contribution is -2.39. The Hall–Kier alpha value is -2.32. The monoisotopic (exact) mass is 417 g/mol. The maximum absolute atomic E-state index is 12.9. The van der Waals surface area contributed by atoms with Gasteiger partial charge in [-0.25, -0.2) is 9.37 Å². The SMILES string of the molecule is CN=C(NCCCSc1ccc(F)cc1)NCc1cccnc1N1CCOCC1. The van der Waals surface area contributed by atoms with E-state index in [1.54, 1.807) is 18.8 Å². The van der Waals surface area contributed by atoms with Crippen molar-refractivity contribution in [1.29, 1.82) is 0 Å². The first kappa shape index (κ1) is 21.4. The molecule has 1 fully saturated rings. The van der Waals surface area contributed by atoms with Crippen molar-refractivity contribution in [2.75, 3.05) is 50.5 Å². The summed E-state index contributed by atoms with van der Waals surface area (Å²) >= 11 is 1.73. The molecule has 6 nitrogen and oxygen atoms in total. The summed E-state index contributed by atoms with van der Waals surface area (Å²) in [4.78, 5) is 12.2. The van der Waals surface area contributed by atoms with Crippen LogP contribution >= 0.6 is 11.8 Å². The predicted octanol–water partition coefficient (Wildman–Crippen LogP) is 2.90. The highest BCUT2D eigenvalue weighted by molar-refractivity contribution is 7.99. The van der Waals surface area contributed by atoms with Crippen LogP contribution in [0, 0.1) is 5.82 Å². The van der Waals surface area contributed by atoms with Crippen LogP contribution in [0.2, 0.25) is 0 Å². The van der Waals surface area contributed by atoms with Gasteiger partial charge >= 0.3 is 0 Å². The molecule has 2 heterocycles. The summed E-state index contributed by atoms with van der Waals surface area (Å²) in [6.07, 6.45) is 2.81. The number of hydrogen-bond donors (Lipinski definition) is 2. The molecular weight excluding hydrogens is 389 g/mol. The Bertz CT molecular complexity index is 781. The summed E-state index contributed by atoms with van der Waals surface area (Å²) < 4.78 is 18.4. The number of nitrogens with zero attached hydrogens (tertiary/aromatic N) is 3. The second kappa shape index (κ2) is 11.6. The summed E-state index contributed by atoms with van der Waals surface area (Å²) in [5, 5.41) is 6.72. The maximum atomic E-state index is 12.9. The van der Waals surface area contributed by atoms with E-state index in [1.807, 2.05) is 24.4 Å². The third-order valence-corrected chi connectivity index (χ3v) is 5.64. The van der Waals surface area contributed by atoms with Crippen molar-refractivity contribution in [3.8, 4) is 0 Å². The average molecular weight is 418 g/mol. The standard InChI is InChI=1S/C21H28FN5OS/c1-23-21(25-10-3-15-29-19-7-5-18(22)6-8-19)26-16-17-4-2-9-24-20(17)27-11-13-28-14-12-27/h2,4-9H,3,10-16H2,1H3,(H2,23,25,26). The number of thioether (sulfide) groups is 1. The molecular formula is C21H28FN5OS. The largest absolute Gasteiger partial charge is 0.378 e. The van der Waals surface area contributed by atoms with E-state index in [-0.39, 0.29) is 5.82 Å². The van der Waals surface area contributed by atoms with E-state index in [0.29, 0.717) is 6.54 Å². The fourth-order valence-corrected chi connectivity index (χ4v) is 3.88. The Morgan fingerprint density at radius 3 is 2.76 bits per heavy atom. The summed E-state index contributed by atoms with van der Waals surface area (Å²) in [7, 11) is 1.77. The van der Waals surface area contributed by atoms with Crippen molar-refractivity contribution >= 4 is 23.5 Å². The highest BCUT2D eigenvalue weighted by Crippen LogP contribution is 2.19. The zero-order valence-corrected chi connectivity index (χ0v) is 17.6. The molecule has 0 atom stereocenters. The quantitative estimate of drug-likeness (QED) is 0.298. The predicted molar refractivity (Wildman–Crippen MR) is 117 cm³/mol. The van der Waals surface area contributed by atoms with Crippen LogP contribution in [0.5, 0.6) is 0 Å². The lowest BCUT2D eigenvalue weighted by atomic mass is 10.2. The van der Waals surface area contributed by atoms with Crippen molar-refractivity contribution in [2.24, 2.45) is 4.99 Å². The molecule has 1 aromatic heterocycles. The molecule has 1 aliphatic heterocycles. The molecule has 0 unspecified atom stereocenters. The molecule has 0 bridgehead atoms. The van der Waals surface area contributed by atoms with Crippen molar-refractivity contribution in [1.82, 2.24) is 15.6 Å². The van der Waals surface area contributed by atoms with Gasteiger partial charge in [0.25, 0.3) is 0 Å². The lowest BCUT2D eigenvalue weighted by Gasteiger charge is -2.29. The molecule has 8 heteroatoms. The number of aliphatic imine (C=N–C) groups is 1. The van der Waals surface area contributed by atoms with E-state index < -0.39 is 0 Å². The van der Waals surface area contributed by atoms with E-state index in [2.05, 4.69) is 31.6 Å². The number of rotatable bonds is 8. The molecule has 1 aromatic carbocycles. The number of pyridine rings is 1. The van der Waals surface area contributed by atoms with E-state index in [0.717, 1.165) is 67.3 Å². The van der Waals surface area contributed by atoms with Crippen LogP contribution in [0.15, 0.2) is 52.5 Å². The van der Waals surface area contributed by atoms with Gasteiger partial charge in [-0.1, -0.05) is 6.07 Å². The summed E-state index contributed by atoms with van der Waals surface area (Å²) in [6.45, 7) is 4.68. The number of nitrogens with one attached hydrogen (secondary N) is 2. The topological polar surface area (TPSA) is 61.8 Å². The summed E-state index contributed by atoms with van der Waals surface area (Å²) in [5.41, 5.74) is 1.14. The Labute approximate surface area is 176 Å². The normalized spacial score (nSPS) is 14.7. The molecule has 0 saturated carbocycles. The van der Waals surface area contributed by atoms with Crippen LogP contribution in [0.3, 0.4) is 0 Å². The lowest BCUT2D eigenvalue weighted by molar-refractivity contribution is 0.122. The minimum Gasteiger partial charge on any atom is -0.378 e. The molecule has 1 aliphatic rings. The van der Waals surface area contributed by atoms with Crippen LogP contribution in [-0.4, -0.2) is 56.6 Å². The molecule has 156 valence electrons. The van der Waals surface area contributed by atoms with Gasteiger partial charge in [0.2, 0.25) is 0 Å². The Morgan fingerprint density at radius 1 is 1.21 bits per heavy atom. The number of morpholine rings is 1. The van der Waals surface area contributed by atoms with Crippen LogP contribution in [0.25, 0.3) is 0 Å². The van der Waals surface area contributed by atoms with Crippen LogP contribution in [-0.2, 0) is 11.3 Å². The fourth-order valence-electron chi connectivity index (χ4n) is 3.03. The van der Waals surface area contributed by atoms with Gasteiger partial charge in [-0.15, -0.1) is 11.8 Å². The molecule has 0 aliphatic carbocycles. The third-order valence-electron chi connectivity index (χ3n) is 4.54. The van der Waals surface area contributed by atoms with Gasteiger partial charge in [-0.2, -0.15) is 0 Å². The number of halogens is 1. The first-order valence-electron chi connectivity index (χ1n) is 9.86. The van der Waals surface area contributed by atoms with E-state index in [1.165, 1.54) is 12.1 Å². The Morgan fingerprint density at radius 2 is 2.00 bits per heavy atom. The van der Waals surface area contributed by atoms with Crippen LogP contribution in [0.1, 0.15) is 12.0 Å². The number of anilines is 1. The second-order valence-electron chi connectivity index (χ2n) is 6.59. The number of ether oxygens (including phenoxy) is 1. The van der Waals surface area contributed by atoms with Gasteiger partial charge in [0.15, 0.2) is 5.96 Å². The minimum atomic E-state index is -0.198. The first-order valence-corrected chi connectivity index (χ1v) is 10.8. The fraction of sp³-hybridized carbons (Fsp3) is 0.429. The molecule has 1 saturated heterocycles. The van der Waals surface area contributed by atoms with Crippen LogP contribution in [0.4, 0.5) is 10.2 Å². The van der Waals surface area contributed by atoms with Gasteiger partial charge in [0.05, 0.1) is 13.2 Å². The summed E-state index contributed by atoms with van der Waals surface area (Å²) in [5.74, 6) is 2.54. The average Bonchev–Trinajstić information content (AvgIpc) is 2.77. The van der Waals surface area contributed by atoms with E-state index in [9.17, 15) is 4.39 Å². The molecule has 2 N–H and O–H groups in total. The van der Waals surface area contributed by atoms with Gasteiger partial charge < -0.3 is 20.3 Å². The Kier molecular flexibility index (Phi) is 8.58. The van der Waals surface area contributed by atoms with Gasteiger partial charge in [-0.05, 0) is 42.5 Å². The van der Waals surface area contributed by atoms with Crippen molar-refractivity contribution < 1.29 is 9.13 Å². The number of benzene rings is 1. The van der Waals surface area contributed by atoms with E-state index in [4.69, 9.17) is 4.74 Å². The van der Waals surface area contributed by atoms with Gasteiger partial charge in [0, 0.05) is 49.9 Å². The highest BCUT2D eigenvalue weighted by Gasteiger charge is 2.15. The zero-order valence-electron chi connectivity index (χ0n) is 16.7. The number of guanidine groups is 1. The van der Waals surface area contributed by atoms with Gasteiger partial charge in [0.1, 0.15) is 11.6 Å². The van der Waals surface area contributed by atoms with Crippen LogP contribution < -0.4 is 15.5 Å². The molecule has 3 rings (SSSR count). The van der Waals surface area contributed by atoms with Gasteiger partial charge in [-0.3, -0.25) is 4.99 Å². The van der Waals surface area contributed by atoms with Crippen molar-refractivity contribution in [2.45, 2.75) is 17.9 Å². The number of aromatic nitrogens is 1. The molecule has 0 spiro atoms. The van der Waals surface area contributed by atoms with Crippen molar-refractivity contribution in [3.05, 3.63) is 54.0 Å². The number of hydrogen-bond acceptors (Lipinski definition) is 5. The second-order valence-corrected chi connectivity index (χ2v) is 7.76. The smallest absolute Gasteiger partial charge is 0.191 e. The molecule has 0 radical (unpaired) electrons. The minimum absolute atomic E-state index is 0.198. The molecule has 29 heavy (non-hydrogen) atoms. The summed E-state index contributed by atoms with van der Waals surface area (Å²) in [6, 6.07) is 10.7. The highest BCUT2D eigenvalue weighted by atomic mass is 32.2. The zero-order chi connectivity index (χ0) is 20.3. The third kappa shape index (κ3) is 6.90. The van der Waals surface area contributed by atoms with Crippen molar-refractivity contribution in [3.63, 3.8) is 0 Å². The maximum Gasteiger partial charge on any atom is 0.191 e. The Balaban J connectivity index is 1.41. The molecule has 0 amide bonds. The molecule has 2 aromatic rings. The first-order chi connectivity index (χ1) is 14.3.